The first-order valence-electron chi connectivity index (χ1n) is 4.54. The van der Waals surface area contributed by atoms with Crippen molar-refractivity contribution < 1.29 is 9.53 Å². The van der Waals surface area contributed by atoms with Gasteiger partial charge in [0.1, 0.15) is 0 Å². The van der Waals surface area contributed by atoms with Gasteiger partial charge in [-0.15, -0.1) is 0 Å². The predicted molar refractivity (Wildman–Crippen MR) is 49.0 cm³/mol. The highest BCUT2D eigenvalue weighted by atomic mass is 16.5. The van der Waals surface area contributed by atoms with E-state index in [1.165, 1.54) is 0 Å². The summed E-state index contributed by atoms with van der Waals surface area (Å²) in [5.74, 6) is -0.254. The highest BCUT2D eigenvalue weighted by Crippen LogP contribution is 2.03. The molecule has 1 aliphatic rings. The summed E-state index contributed by atoms with van der Waals surface area (Å²) in [6, 6.07) is 0. The van der Waals surface area contributed by atoms with Gasteiger partial charge in [0.15, 0.2) is 0 Å². The highest BCUT2D eigenvalue weighted by molar-refractivity contribution is 5.73. The van der Waals surface area contributed by atoms with Gasteiger partial charge in [-0.25, -0.2) is 0 Å². The molecule has 5 nitrogen and oxygen atoms in total. The first-order valence-corrected chi connectivity index (χ1v) is 4.54. The Balaban J connectivity index is 2.21. The number of rotatable bonds is 4. The molecule has 1 rings (SSSR count). The number of ether oxygens (including phenoxy) is 1. The lowest BCUT2D eigenvalue weighted by Crippen LogP contribution is -2.46. The molecule has 1 aliphatic heterocycles. The second kappa shape index (κ2) is 5.16. The van der Waals surface area contributed by atoms with Gasteiger partial charge in [-0.3, -0.25) is 9.69 Å². The van der Waals surface area contributed by atoms with Crippen LogP contribution in [0.3, 0.4) is 0 Å². The van der Waals surface area contributed by atoms with Gasteiger partial charge in [-0.05, 0) is 0 Å². The fourth-order valence-corrected chi connectivity index (χ4v) is 1.39. The number of carbonyl (C=O) groups is 1. The number of carbonyl (C=O) groups excluding carboxylic acids is 1. The Kier molecular flexibility index (Phi) is 4.14. The molecule has 13 heavy (non-hydrogen) atoms. The molecule has 0 aliphatic carbocycles. The molecular weight excluding hydrogens is 170 g/mol. The molecule has 1 amide bonds. The van der Waals surface area contributed by atoms with Gasteiger partial charge in [0.25, 0.3) is 0 Å². The molecule has 0 aromatic carbocycles. The van der Waals surface area contributed by atoms with E-state index in [1.54, 1.807) is 0 Å². The molecule has 1 unspecified atom stereocenters. The third-order valence-electron chi connectivity index (χ3n) is 2.16. The fraction of sp³-hybridized carbons (Fsp3) is 0.875. The maximum Gasteiger partial charge on any atom is 0.218 e. The van der Waals surface area contributed by atoms with Crippen molar-refractivity contribution in [1.82, 2.24) is 4.90 Å². The van der Waals surface area contributed by atoms with Crippen molar-refractivity contribution in [2.75, 3.05) is 32.8 Å². The Morgan fingerprint density at radius 1 is 1.62 bits per heavy atom. The van der Waals surface area contributed by atoms with Crippen LogP contribution in [-0.4, -0.2) is 49.7 Å². The number of nitrogens with zero attached hydrogens (tertiary/aromatic N) is 1. The van der Waals surface area contributed by atoms with Crippen molar-refractivity contribution in [1.29, 1.82) is 0 Å². The highest BCUT2D eigenvalue weighted by Gasteiger charge is 2.18. The molecule has 1 saturated heterocycles. The van der Waals surface area contributed by atoms with Gasteiger partial charge < -0.3 is 16.2 Å². The normalized spacial score (nSPS) is 24.5. The molecule has 0 aromatic heterocycles. The number of primary amides is 1. The monoisotopic (exact) mass is 187 g/mol. The van der Waals surface area contributed by atoms with Crippen LogP contribution >= 0.6 is 0 Å². The Hall–Kier alpha value is -0.650. The van der Waals surface area contributed by atoms with Gasteiger partial charge >= 0.3 is 0 Å². The van der Waals surface area contributed by atoms with Crippen molar-refractivity contribution in [3.8, 4) is 0 Å². The lowest BCUT2D eigenvalue weighted by Gasteiger charge is -2.31. The molecule has 4 N–H and O–H groups in total. The van der Waals surface area contributed by atoms with E-state index < -0.39 is 0 Å². The standard InChI is InChI=1S/C8H17N3O2/c9-5-7-6-11(3-4-13-7)2-1-8(10)12/h7H,1-6,9H2,(H2,10,12). The van der Waals surface area contributed by atoms with E-state index in [0.29, 0.717) is 19.6 Å². The summed E-state index contributed by atoms with van der Waals surface area (Å²) >= 11 is 0. The first-order chi connectivity index (χ1) is 6.22. The molecule has 1 heterocycles. The van der Waals surface area contributed by atoms with Crippen LogP contribution in [0.25, 0.3) is 0 Å². The van der Waals surface area contributed by atoms with Crippen LogP contribution in [0.4, 0.5) is 0 Å². The quantitative estimate of drug-likeness (QED) is 0.562. The fourth-order valence-electron chi connectivity index (χ4n) is 1.39. The zero-order valence-corrected chi connectivity index (χ0v) is 7.74. The molecule has 0 spiro atoms. The van der Waals surface area contributed by atoms with E-state index in [-0.39, 0.29) is 12.0 Å². The van der Waals surface area contributed by atoms with Crippen LogP contribution in [0.15, 0.2) is 0 Å². The zero-order chi connectivity index (χ0) is 9.68. The molecule has 1 atom stereocenters. The number of morpholine rings is 1. The molecule has 1 fully saturated rings. The molecule has 0 aromatic rings. The van der Waals surface area contributed by atoms with Crippen molar-refractivity contribution in [3.63, 3.8) is 0 Å². The minimum atomic E-state index is -0.254. The number of amides is 1. The van der Waals surface area contributed by atoms with E-state index in [4.69, 9.17) is 16.2 Å². The maximum atomic E-state index is 10.5. The Morgan fingerprint density at radius 2 is 2.38 bits per heavy atom. The van der Waals surface area contributed by atoms with E-state index in [1.807, 2.05) is 0 Å². The minimum absolute atomic E-state index is 0.113. The van der Waals surface area contributed by atoms with E-state index in [2.05, 4.69) is 4.90 Å². The lowest BCUT2D eigenvalue weighted by molar-refractivity contribution is -0.118. The molecule has 0 radical (unpaired) electrons. The van der Waals surface area contributed by atoms with Crippen molar-refractivity contribution in [2.24, 2.45) is 11.5 Å². The Bertz CT molecular complexity index is 175. The molecule has 0 saturated carbocycles. The van der Waals surface area contributed by atoms with E-state index >= 15 is 0 Å². The third kappa shape index (κ3) is 3.71. The van der Waals surface area contributed by atoms with Gasteiger partial charge in [0.05, 0.1) is 12.7 Å². The molecule has 5 heteroatoms. The predicted octanol–water partition coefficient (Wildman–Crippen LogP) is -1.48. The van der Waals surface area contributed by atoms with Gasteiger partial charge in [-0.2, -0.15) is 0 Å². The van der Waals surface area contributed by atoms with Gasteiger partial charge in [-0.1, -0.05) is 0 Å². The van der Waals surface area contributed by atoms with Crippen molar-refractivity contribution in [3.05, 3.63) is 0 Å². The Morgan fingerprint density at radius 3 is 3.00 bits per heavy atom. The van der Waals surface area contributed by atoms with Crippen molar-refractivity contribution in [2.45, 2.75) is 12.5 Å². The average Bonchev–Trinajstić information content (AvgIpc) is 2.15. The summed E-state index contributed by atoms with van der Waals surface area (Å²) in [6.07, 6.45) is 0.527. The van der Waals surface area contributed by atoms with Crippen LogP contribution in [0.5, 0.6) is 0 Å². The summed E-state index contributed by atoms with van der Waals surface area (Å²) in [7, 11) is 0. The average molecular weight is 187 g/mol. The van der Waals surface area contributed by atoms with Gasteiger partial charge in [0, 0.05) is 32.6 Å². The second-order valence-electron chi connectivity index (χ2n) is 3.25. The largest absolute Gasteiger partial charge is 0.374 e. The summed E-state index contributed by atoms with van der Waals surface area (Å²) in [5, 5.41) is 0. The number of hydrogen-bond donors (Lipinski definition) is 2. The smallest absolute Gasteiger partial charge is 0.218 e. The van der Waals surface area contributed by atoms with Crippen LogP contribution in [0.1, 0.15) is 6.42 Å². The summed E-state index contributed by atoms with van der Waals surface area (Å²) in [4.78, 5) is 12.7. The van der Waals surface area contributed by atoms with Crippen LogP contribution in [0.2, 0.25) is 0 Å². The van der Waals surface area contributed by atoms with E-state index in [0.717, 1.165) is 19.6 Å². The first kappa shape index (κ1) is 10.4. The summed E-state index contributed by atoms with van der Waals surface area (Å²) in [6.45, 7) is 3.62. The zero-order valence-electron chi connectivity index (χ0n) is 7.74. The second-order valence-corrected chi connectivity index (χ2v) is 3.25. The molecular formula is C8H17N3O2. The third-order valence-corrected chi connectivity index (χ3v) is 2.16. The molecule has 76 valence electrons. The number of nitrogens with two attached hydrogens (primary N) is 2. The van der Waals surface area contributed by atoms with Gasteiger partial charge in [0.2, 0.25) is 5.91 Å². The Labute approximate surface area is 78.0 Å². The molecule has 0 bridgehead atoms. The van der Waals surface area contributed by atoms with Crippen LogP contribution in [0, 0.1) is 0 Å². The SMILES string of the molecule is NCC1CN(CCC(N)=O)CCO1. The van der Waals surface area contributed by atoms with Crippen LogP contribution < -0.4 is 11.5 Å². The minimum Gasteiger partial charge on any atom is -0.374 e. The van der Waals surface area contributed by atoms with Crippen molar-refractivity contribution >= 4 is 5.91 Å². The van der Waals surface area contributed by atoms with E-state index in [9.17, 15) is 4.79 Å². The topological polar surface area (TPSA) is 81.6 Å². The summed E-state index contributed by atoms with van der Waals surface area (Å²) < 4.78 is 5.38. The lowest BCUT2D eigenvalue weighted by atomic mass is 10.2. The number of hydrogen-bond acceptors (Lipinski definition) is 4. The summed E-state index contributed by atoms with van der Waals surface area (Å²) in [5.41, 5.74) is 10.5. The maximum absolute atomic E-state index is 10.5. The van der Waals surface area contributed by atoms with Crippen LogP contribution in [-0.2, 0) is 9.53 Å².